The number of fused-ring (bicyclic) bond motifs is 1. The highest BCUT2D eigenvalue weighted by Gasteiger charge is 2.42. The van der Waals surface area contributed by atoms with Crippen LogP contribution in [0.25, 0.3) is 0 Å². The highest BCUT2D eigenvalue weighted by atomic mass is 32.2. The standard InChI is InChI=1S/C22H25N5O4S/c28-21-4-1-16-13-19(2-3-20(16)24-21)32(30,31)27-14-17(15-27)22(29)26-11-9-25(10-12-26)18-5-7-23-8-6-18/h2-3,5-8,13,17H,1,4,9-12,14-15H2,(H,24,28). The molecule has 0 saturated carbocycles. The number of nitrogens with one attached hydrogen (secondary N) is 1. The number of amides is 2. The van der Waals surface area contributed by atoms with Gasteiger partial charge in [0, 0.05) is 69.5 Å². The first-order valence-electron chi connectivity index (χ1n) is 10.8. The van der Waals surface area contributed by atoms with Gasteiger partial charge in [-0.3, -0.25) is 14.6 Å². The fourth-order valence-corrected chi connectivity index (χ4v) is 6.04. The van der Waals surface area contributed by atoms with Crippen LogP contribution < -0.4 is 10.2 Å². The molecule has 3 aliphatic rings. The molecule has 4 heterocycles. The van der Waals surface area contributed by atoms with Crippen molar-refractivity contribution in [1.82, 2.24) is 14.2 Å². The second-order valence-corrected chi connectivity index (χ2v) is 10.3. The first kappa shape index (κ1) is 20.9. The molecule has 0 unspecified atom stereocenters. The smallest absolute Gasteiger partial charge is 0.243 e. The summed E-state index contributed by atoms with van der Waals surface area (Å²) in [6.07, 6.45) is 4.39. The molecule has 5 rings (SSSR count). The van der Waals surface area contributed by atoms with Crippen LogP contribution in [0.3, 0.4) is 0 Å². The summed E-state index contributed by atoms with van der Waals surface area (Å²) in [6, 6.07) is 8.72. The van der Waals surface area contributed by atoms with E-state index in [2.05, 4.69) is 15.2 Å². The van der Waals surface area contributed by atoms with E-state index >= 15 is 0 Å². The zero-order valence-corrected chi connectivity index (χ0v) is 18.4. The average Bonchev–Trinajstić information content (AvgIpc) is 2.78. The number of nitrogens with zero attached hydrogens (tertiary/aromatic N) is 4. The van der Waals surface area contributed by atoms with E-state index in [1.54, 1.807) is 24.5 Å². The van der Waals surface area contributed by atoms with Gasteiger partial charge in [-0.15, -0.1) is 0 Å². The van der Waals surface area contributed by atoms with Crippen molar-refractivity contribution in [2.24, 2.45) is 5.92 Å². The first-order valence-corrected chi connectivity index (χ1v) is 12.2. The number of aryl methyl sites for hydroxylation is 1. The Morgan fingerprint density at radius 3 is 2.44 bits per heavy atom. The van der Waals surface area contributed by atoms with E-state index in [1.807, 2.05) is 17.0 Å². The van der Waals surface area contributed by atoms with Gasteiger partial charge >= 0.3 is 0 Å². The second-order valence-electron chi connectivity index (χ2n) is 8.40. The summed E-state index contributed by atoms with van der Waals surface area (Å²) >= 11 is 0. The molecule has 3 aliphatic heterocycles. The minimum atomic E-state index is -3.66. The lowest BCUT2D eigenvalue weighted by molar-refractivity contribution is -0.139. The number of carbonyl (C=O) groups is 2. The van der Waals surface area contributed by atoms with Crippen LogP contribution in [-0.4, -0.2) is 73.7 Å². The van der Waals surface area contributed by atoms with Crippen LogP contribution in [0.4, 0.5) is 11.4 Å². The number of aromatic nitrogens is 1. The molecule has 1 aromatic heterocycles. The number of sulfonamides is 1. The van der Waals surface area contributed by atoms with E-state index in [0.717, 1.165) is 24.3 Å². The molecule has 1 aromatic carbocycles. The van der Waals surface area contributed by atoms with Crippen LogP contribution in [0.5, 0.6) is 0 Å². The minimum Gasteiger partial charge on any atom is -0.368 e. The summed E-state index contributed by atoms with van der Waals surface area (Å²) in [5, 5.41) is 2.76. The number of hydrogen-bond acceptors (Lipinski definition) is 6. The van der Waals surface area contributed by atoms with E-state index in [0.29, 0.717) is 31.6 Å². The average molecular weight is 456 g/mol. The van der Waals surface area contributed by atoms with Gasteiger partial charge in [-0.05, 0) is 42.3 Å². The first-order chi connectivity index (χ1) is 15.4. The number of benzene rings is 1. The summed E-state index contributed by atoms with van der Waals surface area (Å²) in [6.45, 7) is 3.16. The number of hydrogen-bond donors (Lipinski definition) is 1. The number of rotatable bonds is 4. The Labute approximate surface area is 187 Å². The van der Waals surface area contributed by atoms with Crippen molar-refractivity contribution >= 4 is 33.2 Å². The molecule has 2 aromatic rings. The molecule has 32 heavy (non-hydrogen) atoms. The SMILES string of the molecule is O=C1CCc2cc(S(=O)(=O)N3CC(C(=O)N4CCN(c5ccncc5)CC4)C3)ccc2N1. The zero-order chi connectivity index (χ0) is 22.3. The summed E-state index contributed by atoms with van der Waals surface area (Å²) in [7, 11) is -3.66. The molecule has 1 N–H and O–H groups in total. The Bertz CT molecular complexity index is 1140. The molecule has 168 valence electrons. The molecule has 0 aliphatic carbocycles. The highest BCUT2D eigenvalue weighted by molar-refractivity contribution is 7.89. The maximum Gasteiger partial charge on any atom is 0.243 e. The maximum atomic E-state index is 13.0. The zero-order valence-electron chi connectivity index (χ0n) is 17.6. The van der Waals surface area contributed by atoms with Gasteiger partial charge in [0.25, 0.3) is 0 Å². The topological polar surface area (TPSA) is 103 Å². The summed E-state index contributed by atoms with van der Waals surface area (Å²) in [5.41, 5.74) is 2.59. The Morgan fingerprint density at radius 1 is 1.00 bits per heavy atom. The second kappa shape index (κ2) is 8.18. The van der Waals surface area contributed by atoms with E-state index in [1.165, 1.54) is 10.4 Å². The van der Waals surface area contributed by atoms with Crippen molar-refractivity contribution in [2.75, 3.05) is 49.5 Å². The van der Waals surface area contributed by atoms with Crippen molar-refractivity contribution in [3.63, 3.8) is 0 Å². The maximum absolute atomic E-state index is 13.0. The lowest BCUT2D eigenvalue weighted by Gasteiger charge is -2.42. The van der Waals surface area contributed by atoms with Crippen LogP contribution in [0.2, 0.25) is 0 Å². The third kappa shape index (κ3) is 3.84. The fraction of sp³-hybridized carbons (Fsp3) is 0.409. The third-order valence-corrected chi connectivity index (χ3v) is 8.25. The van der Waals surface area contributed by atoms with Crippen molar-refractivity contribution in [3.05, 3.63) is 48.3 Å². The van der Waals surface area contributed by atoms with Crippen LogP contribution in [-0.2, 0) is 26.0 Å². The lowest BCUT2D eigenvalue weighted by atomic mass is 10.0. The quantitative estimate of drug-likeness (QED) is 0.736. The van der Waals surface area contributed by atoms with Gasteiger partial charge in [-0.25, -0.2) is 8.42 Å². The fourth-order valence-electron chi connectivity index (χ4n) is 4.46. The number of pyridine rings is 1. The number of carbonyl (C=O) groups excluding carboxylic acids is 2. The predicted octanol–water partition coefficient (Wildman–Crippen LogP) is 0.936. The molecule has 9 nitrogen and oxygen atoms in total. The molecule has 0 bridgehead atoms. The highest BCUT2D eigenvalue weighted by Crippen LogP contribution is 2.31. The molecule has 0 atom stereocenters. The Kier molecular flexibility index (Phi) is 5.34. The van der Waals surface area contributed by atoms with Crippen molar-refractivity contribution in [2.45, 2.75) is 17.7 Å². The van der Waals surface area contributed by atoms with Gasteiger partial charge < -0.3 is 15.1 Å². The largest absolute Gasteiger partial charge is 0.368 e. The summed E-state index contributed by atoms with van der Waals surface area (Å²) < 4.78 is 27.4. The number of anilines is 2. The molecular weight excluding hydrogens is 430 g/mol. The summed E-state index contributed by atoms with van der Waals surface area (Å²) in [4.78, 5) is 32.7. The molecule has 2 fully saturated rings. The van der Waals surface area contributed by atoms with E-state index in [-0.39, 0.29) is 35.7 Å². The van der Waals surface area contributed by atoms with Gasteiger partial charge in [-0.1, -0.05) is 0 Å². The van der Waals surface area contributed by atoms with Crippen LogP contribution in [0.1, 0.15) is 12.0 Å². The Hall–Kier alpha value is -2.98. The Balaban J connectivity index is 1.18. The van der Waals surface area contributed by atoms with Gasteiger partial charge in [0.2, 0.25) is 21.8 Å². The van der Waals surface area contributed by atoms with Gasteiger partial charge in [-0.2, -0.15) is 4.31 Å². The molecule has 2 saturated heterocycles. The van der Waals surface area contributed by atoms with Gasteiger partial charge in [0.1, 0.15) is 0 Å². The van der Waals surface area contributed by atoms with Crippen LogP contribution in [0, 0.1) is 5.92 Å². The monoisotopic (exact) mass is 455 g/mol. The molecule has 0 spiro atoms. The lowest BCUT2D eigenvalue weighted by Crippen LogP contribution is -2.59. The third-order valence-electron chi connectivity index (χ3n) is 6.43. The van der Waals surface area contributed by atoms with Gasteiger partial charge in [0.05, 0.1) is 10.8 Å². The van der Waals surface area contributed by atoms with Crippen molar-refractivity contribution < 1.29 is 18.0 Å². The Morgan fingerprint density at radius 2 is 1.72 bits per heavy atom. The van der Waals surface area contributed by atoms with E-state index in [9.17, 15) is 18.0 Å². The normalized spacial score (nSPS) is 19.8. The summed E-state index contributed by atoms with van der Waals surface area (Å²) in [5.74, 6) is -0.327. The molecular formula is C22H25N5O4S. The molecule has 2 amide bonds. The van der Waals surface area contributed by atoms with Gasteiger partial charge in [0.15, 0.2) is 0 Å². The minimum absolute atomic E-state index is 0.0268. The molecule has 0 radical (unpaired) electrons. The van der Waals surface area contributed by atoms with E-state index in [4.69, 9.17) is 0 Å². The van der Waals surface area contributed by atoms with Crippen LogP contribution >= 0.6 is 0 Å². The van der Waals surface area contributed by atoms with Crippen molar-refractivity contribution in [3.8, 4) is 0 Å². The van der Waals surface area contributed by atoms with Crippen molar-refractivity contribution in [1.29, 1.82) is 0 Å². The number of piperazine rings is 1. The molecule has 10 heteroatoms. The van der Waals surface area contributed by atoms with Crippen LogP contribution in [0.15, 0.2) is 47.6 Å². The van der Waals surface area contributed by atoms with E-state index < -0.39 is 10.0 Å². The predicted molar refractivity (Wildman–Crippen MR) is 119 cm³/mol.